The van der Waals surface area contributed by atoms with Crippen LogP contribution in [0.3, 0.4) is 0 Å². The minimum absolute atomic E-state index is 0.0798. The number of carbonyl (C=O) groups is 1. The van der Waals surface area contributed by atoms with Crippen molar-refractivity contribution in [2.75, 3.05) is 59.5 Å². The normalized spacial score (nSPS) is 16.1. The Morgan fingerprint density at radius 2 is 2.12 bits per heavy atom. The van der Waals surface area contributed by atoms with Gasteiger partial charge in [-0.2, -0.15) is 0 Å². The van der Waals surface area contributed by atoms with Gasteiger partial charge >= 0.3 is 0 Å². The second-order valence-corrected chi connectivity index (χ2v) is 6.89. The Balaban J connectivity index is 1.79. The van der Waals surface area contributed by atoms with Gasteiger partial charge < -0.3 is 20.3 Å². The molecule has 0 atom stereocenters. The van der Waals surface area contributed by atoms with Crippen LogP contribution in [0.1, 0.15) is 11.8 Å². The van der Waals surface area contributed by atoms with E-state index in [1.165, 1.54) is 4.88 Å². The summed E-state index contributed by atoms with van der Waals surface area (Å²) < 4.78 is 4.92. The van der Waals surface area contributed by atoms with E-state index >= 15 is 0 Å². The number of piperazine rings is 1. The first-order valence-electron chi connectivity index (χ1n) is 8.76. The summed E-state index contributed by atoms with van der Waals surface area (Å²) in [6, 6.07) is 4.29. The Bertz CT molecular complexity index is 527. The van der Waals surface area contributed by atoms with Gasteiger partial charge in [-0.1, -0.05) is 6.07 Å². The fourth-order valence-electron chi connectivity index (χ4n) is 2.66. The van der Waals surface area contributed by atoms with Gasteiger partial charge in [-0.25, -0.2) is 4.99 Å². The van der Waals surface area contributed by atoms with Crippen molar-refractivity contribution in [3.63, 3.8) is 0 Å². The van der Waals surface area contributed by atoms with E-state index in [9.17, 15) is 4.79 Å². The molecule has 0 aliphatic carbocycles. The molecule has 140 valence electrons. The van der Waals surface area contributed by atoms with Crippen molar-refractivity contribution < 1.29 is 9.53 Å². The van der Waals surface area contributed by atoms with Crippen LogP contribution < -0.4 is 10.6 Å². The van der Waals surface area contributed by atoms with Crippen molar-refractivity contribution >= 4 is 23.2 Å². The van der Waals surface area contributed by atoms with Crippen LogP contribution in [0.5, 0.6) is 0 Å². The maximum Gasteiger partial charge on any atom is 0.241 e. The number of amides is 1. The van der Waals surface area contributed by atoms with Crippen molar-refractivity contribution in [1.29, 1.82) is 0 Å². The molecular weight excluding hydrogens is 338 g/mol. The van der Waals surface area contributed by atoms with E-state index in [2.05, 4.69) is 42.9 Å². The maximum atomic E-state index is 11.8. The van der Waals surface area contributed by atoms with Crippen LogP contribution in [0.2, 0.25) is 0 Å². The minimum Gasteiger partial charge on any atom is -0.383 e. The molecule has 1 aromatic heterocycles. The van der Waals surface area contributed by atoms with Gasteiger partial charge in [-0.15, -0.1) is 11.3 Å². The van der Waals surface area contributed by atoms with E-state index in [0.29, 0.717) is 13.2 Å². The molecule has 1 aliphatic heterocycles. The molecule has 0 spiro atoms. The molecule has 25 heavy (non-hydrogen) atoms. The number of guanidine groups is 1. The van der Waals surface area contributed by atoms with Crippen LogP contribution >= 0.6 is 11.3 Å². The van der Waals surface area contributed by atoms with Gasteiger partial charge in [0, 0.05) is 57.8 Å². The molecule has 7 nitrogen and oxygen atoms in total. The van der Waals surface area contributed by atoms with E-state index in [0.717, 1.165) is 45.2 Å². The third-order valence-corrected chi connectivity index (χ3v) is 4.83. The van der Waals surface area contributed by atoms with Crippen molar-refractivity contribution in [1.82, 2.24) is 20.4 Å². The first-order valence-corrected chi connectivity index (χ1v) is 9.64. The van der Waals surface area contributed by atoms with Gasteiger partial charge in [0.05, 0.1) is 6.61 Å². The van der Waals surface area contributed by atoms with Crippen LogP contribution in [-0.4, -0.2) is 81.2 Å². The monoisotopic (exact) mass is 367 g/mol. The Morgan fingerprint density at radius 3 is 2.76 bits per heavy atom. The lowest BCUT2D eigenvalue weighted by Gasteiger charge is -2.36. The van der Waals surface area contributed by atoms with Crippen molar-refractivity contribution in [3.8, 4) is 0 Å². The minimum atomic E-state index is -0.0798. The predicted octanol–water partition coefficient (Wildman–Crippen LogP) is 0.594. The molecule has 1 aliphatic rings. The van der Waals surface area contributed by atoms with Gasteiger partial charge in [-0.05, 0) is 18.4 Å². The van der Waals surface area contributed by atoms with Crippen LogP contribution in [0.15, 0.2) is 22.5 Å². The Labute approximate surface area is 154 Å². The van der Waals surface area contributed by atoms with Crippen LogP contribution in [0.25, 0.3) is 0 Å². The first-order chi connectivity index (χ1) is 12.2. The SMILES string of the molecule is CCNC(=NCC(=O)NCCOC)N1CCN(Cc2cccs2)CC1. The second-order valence-electron chi connectivity index (χ2n) is 5.86. The van der Waals surface area contributed by atoms with Gasteiger partial charge in [0.25, 0.3) is 0 Å². The smallest absolute Gasteiger partial charge is 0.241 e. The summed E-state index contributed by atoms with van der Waals surface area (Å²) in [7, 11) is 1.62. The lowest BCUT2D eigenvalue weighted by molar-refractivity contribution is -0.119. The molecular formula is C17H29N5O2S. The summed E-state index contributed by atoms with van der Waals surface area (Å²) in [5, 5.41) is 8.21. The number of nitrogens with one attached hydrogen (secondary N) is 2. The second kappa shape index (κ2) is 11.1. The average molecular weight is 368 g/mol. The lowest BCUT2D eigenvalue weighted by Crippen LogP contribution is -2.52. The van der Waals surface area contributed by atoms with E-state index in [4.69, 9.17) is 4.74 Å². The van der Waals surface area contributed by atoms with Crippen LogP contribution in [0.4, 0.5) is 0 Å². The van der Waals surface area contributed by atoms with E-state index in [1.807, 2.05) is 6.92 Å². The number of rotatable bonds is 8. The molecule has 2 heterocycles. The molecule has 2 N–H and O–H groups in total. The zero-order valence-electron chi connectivity index (χ0n) is 15.2. The molecule has 0 radical (unpaired) electrons. The molecule has 1 aromatic rings. The topological polar surface area (TPSA) is 69.2 Å². The summed E-state index contributed by atoms with van der Waals surface area (Å²) in [6.07, 6.45) is 0. The van der Waals surface area contributed by atoms with Gasteiger partial charge in [-0.3, -0.25) is 9.69 Å². The molecule has 1 amide bonds. The highest BCUT2D eigenvalue weighted by Gasteiger charge is 2.20. The molecule has 0 unspecified atom stereocenters. The zero-order valence-corrected chi connectivity index (χ0v) is 16.0. The maximum absolute atomic E-state index is 11.8. The van der Waals surface area contributed by atoms with E-state index < -0.39 is 0 Å². The van der Waals surface area contributed by atoms with E-state index in [-0.39, 0.29) is 12.5 Å². The molecule has 8 heteroatoms. The van der Waals surface area contributed by atoms with Crippen LogP contribution in [0, 0.1) is 0 Å². The van der Waals surface area contributed by atoms with Gasteiger partial charge in [0.1, 0.15) is 6.54 Å². The highest BCUT2D eigenvalue weighted by molar-refractivity contribution is 7.09. The highest BCUT2D eigenvalue weighted by atomic mass is 32.1. The summed E-state index contributed by atoms with van der Waals surface area (Å²) >= 11 is 1.81. The quantitative estimate of drug-likeness (QED) is 0.400. The molecule has 1 saturated heterocycles. The van der Waals surface area contributed by atoms with E-state index in [1.54, 1.807) is 18.4 Å². The van der Waals surface area contributed by atoms with Crippen molar-refractivity contribution in [2.24, 2.45) is 4.99 Å². The third-order valence-electron chi connectivity index (χ3n) is 3.97. The summed E-state index contributed by atoms with van der Waals surface area (Å²) in [6.45, 7) is 8.86. The summed E-state index contributed by atoms with van der Waals surface area (Å²) in [5.74, 6) is 0.740. The third kappa shape index (κ3) is 7.01. The summed E-state index contributed by atoms with van der Waals surface area (Å²) in [5.41, 5.74) is 0. The highest BCUT2D eigenvalue weighted by Crippen LogP contribution is 2.13. The standard InChI is InChI=1S/C17H29N5O2S/c1-3-18-17(20-13-16(23)19-6-11-24-2)22-9-7-21(8-10-22)14-15-5-4-12-25-15/h4-5,12H,3,6-11,13-14H2,1-2H3,(H,18,20)(H,19,23). The Morgan fingerprint density at radius 1 is 1.32 bits per heavy atom. The van der Waals surface area contributed by atoms with Gasteiger partial charge in [0.15, 0.2) is 5.96 Å². The number of hydrogen-bond donors (Lipinski definition) is 2. The first kappa shape index (κ1) is 19.7. The molecule has 2 rings (SSSR count). The molecule has 0 bridgehead atoms. The fraction of sp³-hybridized carbons (Fsp3) is 0.647. The zero-order chi connectivity index (χ0) is 17.9. The summed E-state index contributed by atoms with van der Waals surface area (Å²) in [4.78, 5) is 22.4. The average Bonchev–Trinajstić information content (AvgIpc) is 3.13. The number of aliphatic imine (C=N–C) groups is 1. The van der Waals surface area contributed by atoms with Crippen molar-refractivity contribution in [3.05, 3.63) is 22.4 Å². The largest absolute Gasteiger partial charge is 0.383 e. The lowest BCUT2D eigenvalue weighted by atomic mass is 10.3. The van der Waals surface area contributed by atoms with Crippen molar-refractivity contribution in [2.45, 2.75) is 13.5 Å². The van der Waals surface area contributed by atoms with Crippen LogP contribution in [-0.2, 0) is 16.1 Å². The Hall–Kier alpha value is -1.64. The molecule has 0 aromatic carbocycles. The Kier molecular flexibility index (Phi) is 8.71. The number of carbonyl (C=O) groups excluding carboxylic acids is 1. The number of ether oxygens (including phenoxy) is 1. The van der Waals surface area contributed by atoms with Gasteiger partial charge in [0.2, 0.25) is 5.91 Å². The molecule has 1 fully saturated rings. The fourth-order valence-corrected chi connectivity index (χ4v) is 3.41. The number of methoxy groups -OCH3 is 1. The predicted molar refractivity (Wildman–Crippen MR) is 102 cm³/mol. The number of nitrogens with zero attached hydrogens (tertiary/aromatic N) is 3. The molecule has 0 saturated carbocycles. The number of hydrogen-bond acceptors (Lipinski definition) is 5. The number of thiophene rings is 1.